The van der Waals surface area contributed by atoms with E-state index in [2.05, 4.69) is 4.98 Å². The lowest BCUT2D eigenvalue weighted by molar-refractivity contribution is -0.137. The number of halogens is 4. The second-order valence-corrected chi connectivity index (χ2v) is 6.48. The van der Waals surface area contributed by atoms with E-state index in [0.29, 0.717) is 31.2 Å². The zero-order valence-corrected chi connectivity index (χ0v) is 14.6. The van der Waals surface area contributed by atoms with Crippen molar-refractivity contribution in [1.82, 2.24) is 9.88 Å². The van der Waals surface area contributed by atoms with Gasteiger partial charge >= 0.3 is 6.18 Å². The first kappa shape index (κ1) is 18.5. The van der Waals surface area contributed by atoms with E-state index in [9.17, 15) is 18.0 Å². The van der Waals surface area contributed by atoms with E-state index in [4.69, 9.17) is 11.6 Å². The Morgan fingerprint density at radius 3 is 2.50 bits per heavy atom. The van der Waals surface area contributed by atoms with Crippen LogP contribution in [0, 0.1) is 0 Å². The predicted octanol–water partition coefficient (Wildman–Crippen LogP) is 3.65. The Balaban J connectivity index is 1.64. The highest BCUT2D eigenvalue weighted by atomic mass is 35.5. The topological polar surface area (TPSA) is 36.4 Å². The number of piperazine rings is 1. The smallest absolute Gasteiger partial charge is 0.353 e. The molecule has 0 aliphatic carbocycles. The molecule has 26 heavy (non-hydrogen) atoms. The summed E-state index contributed by atoms with van der Waals surface area (Å²) in [6.07, 6.45) is -2.89. The first-order valence-electron chi connectivity index (χ1n) is 8.14. The summed E-state index contributed by atoms with van der Waals surface area (Å²) in [5.74, 6) is -0.147. The highest BCUT2D eigenvalue weighted by Gasteiger charge is 2.36. The maximum atomic E-state index is 13.1. The Labute approximate surface area is 154 Å². The number of nitrogens with zero attached hydrogens (tertiary/aromatic N) is 3. The van der Waals surface area contributed by atoms with E-state index in [1.807, 2.05) is 6.07 Å². The molecule has 0 radical (unpaired) electrons. The van der Waals surface area contributed by atoms with Crippen LogP contribution < -0.4 is 4.90 Å². The van der Waals surface area contributed by atoms with Crippen LogP contribution in [0.15, 0.2) is 42.6 Å². The maximum absolute atomic E-state index is 13.1. The van der Waals surface area contributed by atoms with E-state index < -0.39 is 11.7 Å². The second kappa shape index (κ2) is 7.53. The number of pyridine rings is 1. The zero-order chi connectivity index (χ0) is 18.7. The molecule has 0 saturated carbocycles. The van der Waals surface area contributed by atoms with Crippen molar-refractivity contribution < 1.29 is 18.0 Å². The largest absolute Gasteiger partial charge is 0.419 e. The fourth-order valence-electron chi connectivity index (χ4n) is 2.97. The Morgan fingerprint density at radius 2 is 1.85 bits per heavy atom. The van der Waals surface area contributed by atoms with Crippen molar-refractivity contribution in [2.45, 2.75) is 12.6 Å². The molecule has 4 nitrogen and oxygen atoms in total. The van der Waals surface area contributed by atoms with Gasteiger partial charge in [0.15, 0.2) is 0 Å². The molecule has 2 aromatic rings. The van der Waals surface area contributed by atoms with Crippen LogP contribution in [0.4, 0.5) is 19.0 Å². The Morgan fingerprint density at radius 1 is 1.12 bits per heavy atom. The summed E-state index contributed by atoms with van der Waals surface area (Å²) in [6, 6.07) is 9.38. The minimum absolute atomic E-state index is 0.0658. The van der Waals surface area contributed by atoms with Crippen molar-refractivity contribution in [1.29, 1.82) is 0 Å². The Bertz CT molecular complexity index is 789. The number of aromatic nitrogens is 1. The predicted molar refractivity (Wildman–Crippen MR) is 93.2 cm³/mol. The lowest BCUT2D eigenvalue weighted by Gasteiger charge is -2.36. The van der Waals surface area contributed by atoms with Gasteiger partial charge in [-0.05, 0) is 29.8 Å². The minimum atomic E-state index is -4.46. The summed E-state index contributed by atoms with van der Waals surface area (Å²) in [5, 5.41) is 0.565. The van der Waals surface area contributed by atoms with Gasteiger partial charge in [0.1, 0.15) is 5.82 Å². The molecule has 0 bridgehead atoms. The van der Waals surface area contributed by atoms with Gasteiger partial charge in [-0.3, -0.25) is 4.79 Å². The van der Waals surface area contributed by atoms with Crippen LogP contribution in [0.3, 0.4) is 0 Å². The molecule has 1 amide bonds. The third-order valence-corrected chi connectivity index (χ3v) is 4.50. The highest BCUT2D eigenvalue weighted by molar-refractivity contribution is 6.30. The van der Waals surface area contributed by atoms with Gasteiger partial charge < -0.3 is 9.80 Å². The summed E-state index contributed by atoms with van der Waals surface area (Å²) in [7, 11) is 0. The summed E-state index contributed by atoms with van der Waals surface area (Å²) in [6.45, 7) is 1.32. The van der Waals surface area contributed by atoms with Crippen molar-refractivity contribution in [2.24, 2.45) is 0 Å². The lowest BCUT2D eigenvalue weighted by Crippen LogP contribution is -2.49. The number of carbonyl (C=O) groups excluding carboxylic acids is 1. The molecule has 3 rings (SSSR count). The monoisotopic (exact) mass is 383 g/mol. The maximum Gasteiger partial charge on any atom is 0.419 e. The number of benzene rings is 1. The molecule has 0 N–H and O–H groups in total. The molecule has 1 aromatic carbocycles. The number of carbonyl (C=O) groups is 1. The van der Waals surface area contributed by atoms with E-state index in [0.717, 1.165) is 11.6 Å². The average molecular weight is 384 g/mol. The molecule has 0 atom stereocenters. The third kappa shape index (κ3) is 4.27. The van der Waals surface area contributed by atoms with Crippen LogP contribution in [-0.2, 0) is 17.4 Å². The molecular formula is C18H17ClF3N3O. The van der Waals surface area contributed by atoms with Crippen molar-refractivity contribution in [3.63, 3.8) is 0 Å². The molecule has 138 valence electrons. The van der Waals surface area contributed by atoms with Crippen LogP contribution >= 0.6 is 11.6 Å². The first-order chi connectivity index (χ1) is 12.3. The van der Waals surface area contributed by atoms with Crippen LogP contribution in [0.5, 0.6) is 0 Å². The van der Waals surface area contributed by atoms with Gasteiger partial charge in [0, 0.05) is 37.4 Å². The van der Waals surface area contributed by atoms with Crippen molar-refractivity contribution >= 4 is 23.3 Å². The van der Waals surface area contributed by atoms with Gasteiger partial charge in [-0.2, -0.15) is 13.2 Å². The first-order valence-corrected chi connectivity index (χ1v) is 8.52. The standard InChI is InChI=1S/C18H17ClF3N3O/c19-14-4-1-3-13(11-14)12-16(26)24-7-9-25(10-8-24)17-15(18(20,21)22)5-2-6-23-17/h1-6,11H,7-10,12H2. The zero-order valence-electron chi connectivity index (χ0n) is 13.8. The molecule has 0 spiro atoms. The highest BCUT2D eigenvalue weighted by Crippen LogP contribution is 2.35. The summed E-state index contributed by atoms with van der Waals surface area (Å²) in [4.78, 5) is 19.6. The SMILES string of the molecule is O=C(Cc1cccc(Cl)c1)N1CCN(c2ncccc2C(F)(F)F)CC1. The van der Waals surface area contributed by atoms with Crippen LogP contribution in [0.2, 0.25) is 5.02 Å². The van der Waals surface area contributed by atoms with Crippen LogP contribution in [0.1, 0.15) is 11.1 Å². The molecular weight excluding hydrogens is 367 g/mol. The van der Waals surface area contributed by atoms with Crippen LogP contribution in [-0.4, -0.2) is 42.0 Å². The van der Waals surface area contributed by atoms with E-state index in [1.54, 1.807) is 28.0 Å². The number of anilines is 1. The number of amides is 1. The summed E-state index contributed by atoms with van der Waals surface area (Å²) >= 11 is 5.92. The van der Waals surface area contributed by atoms with E-state index in [-0.39, 0.29) is 18.1 Å². The molecule has 1 fully saturated rings. The minimum Gasteiger partial charge on any atom is -0.353 e. The van der Waals surface area contributed by atoms with Gasteiger partial charge in [-0.1, -0.05) is 23.7 Å². The molecule has 0 unspecified atom stereocenters. The van der Waals surface area contributed by atoms with Crippen molar-refractivity contribution in [2.75, 3.05) is 31.1 Å². The second-order valence-electron chi connectivity index (χ2n) is 6.05. The molecule has 1 aliphatic heterocycles. The van der Waals surface area contributed by atoms with Gasteiger partial charge in [-0.25, -0.2) is 4.98 Å². The third-order valence-electron chi connectivity index (χ3n) is 4.27. The molecule has 2 heterocycles. The van der Waals surface area contributed by atoms with Gasteiger partial charge in [0.05, 0.1) is 12.0 Å². The van der Waals surface area contributed by atoms with Gasteiger partial charge in [0.2, 0.25) is 5.91 Å². The molecule has 1 aliphatic rings. The van der Waals surface area contributed by atoms with Gasteiger partial charge in [0.25, 0.3) is 0 Å². The summed E-state index contributed by atoms with van der Waals surface area (Å²) in [5.41, 5.74) is 0.0627. The molecule has 8 heteroatoms. The van der Waals surface area contributed by atoms with Crippen LogP contribution in [0.25, 0.3) is 0 Å². The fraction of sp³-hybridized carbons (Fsp3) is 0.333. The van der Waals surface area contributed by atoms with Crippen molar-refractivity contribution in [3.05, 3.63) is 58.7 Å². The number of alkyl halides is 3. The number of hydrogen-bond donors (Lipinski definition) is 0. The van der Waals surface area contributed by atoms with E-state index >= 15 is 0 Å². The number of rotatable bonds is 3. The Hall–Kier alpha value is -2.28. The van der Waals surface area contributed by atoms with Crippen molar-refractivity contribution in [3.8, 4) is 0 Å². The molecule has 1 aromatic heterocycles. The number of hydrogen-bond acceptors (Lipinski definition) is 3. The lowest BCUT2D eigenvalue weighted by atomic mass is 10.1. The molecule has 1 saturated heterocycles. The summed E-state index contributed by atoms with van der Waals surface area (Å²) < 4.78 is 39.4. The quantitative estimate of drug-likeness (QED) is 0.812. The van der Waals surface area contributed by atoms with Gasteiger partial charge in [-0.15, -0.1) is 0 Å². The normalized spacial score (nSPS) is 15.2. The average Bonchev–Trinajstić information content (AvgIpc) is 2.61. The Kier molecular flexibility index (Phi) is 5.36. The van der Waals surface area contributed by atoms with E-state index in [1.165, 1.54) is 12.3 Å². The fourth-order valence-corrected chi connectivity index (χ4v) is 3.18.